The summed E-state index contributed by atoms with van der Waals surface area (Å²) < 4.78 is 23.7. The minimum atomic E-state index is -0.479. The fourth-order valence-electron chi connectivity index (χ4n) is 2.35. The zero-order valence-electron chi connectivity index (χ0n) is 14.7. The number of benzene rings is 2. The lowest BCUT2D eigenvalue weighted by molar-refractivity contribution is 0.102. The highest BCUT2D eigenvalue weighted by molar-refractivity contribution is 6.03. The number of ether oxygens (including phenoxy) is 2. The van der Waals surface area contributed by atoms with Crippen molar-refractivity contribution >= 4 is 23.1 Å². The first kappa shape index (κ1) is 18.1. The summed E-state index contributed by atoms with van der Waals surface area (Å²) in [7, 11) is 3.10. The fourth-order valence-corrected chi connectivity index (χ4v) is 2.35. The molecule has 138 valence electrons. The van der Waals surface area contributed by atoms with Crippen molar-refractivity contribution in [2.45, 2.75) is 0 Å². The van der Waals surface area contributed by atoms with Gasteiger partial charge >= 0.3 is 0 Å². The van der Waals surface area contributed by atoms with Gasteiger partial charge in [-0.1, -0.05) is 6.07 Å². The van der Waals surface area contributed by atoms with Crippen molar-refractivity contribution in [3.8, 4) is 11.5 Å². The molecule has 0 unspecified atom stereocenters. The van der Waals surface area contributed by atoms with Crippen molar-refractivity contribution < 1.29 is 18.7 Å². The number of hydrogen-bond donors (Lipinski definition) is 2. The summed E-state index contributed by atoms with van der Waals surface area (Å²) in [6.07, 6.45) is 1.26. The van der Waals surface area contributed by atoms with Crippen LogP contribution in [0.1, 0.15) is 10.5 Å². The van der Waals surface area contributed by atoms with Crippen molar-refractivity contribution in [3.63, 3.8) is 0 Å². The van der Waals surface area contributed by atoms with Crippen LogP contribution in [0.4, 0.5) is 21.6 Å². The normalized spacial score (nSPS) is 10.2. The number of carbonyl (C=O) groups is 1. The van der Waals surface area contributed by atoms with Crippen molar-refractivity contribution in [2.75, 3.05) is 24.9 Å². The van der Waals surface area contributed by atoms with Gasteiger partial charge < -0.3 is 20.1 Å². The molecule has 0 bridgehead atoms. The standard InChI is InChI=1S/C19H17FN4O3/c1-26-14-6-7-15(17(9-14)27-2)24-18-10-16(21-11-22-18)19(25)23-13-5-3-4-12(20)8-13/h3-11H,1-2H3,(H,23,25)(H,21,22,24). The number of anilines is 3. The Bertz CT molecular complexity index is 965. The van der Waals surface area contributed by atoms with Crippen molar-refractivity contribution in [1.29, 1.82) is 0 Å². The summed E-state index contributed by atoms with van der Waals surface area (Å²) in [6, 6.07) is 12.4. The first-order valence-electron chi connectivity index (χ1n) is 7.97. The topological polar surface area (TPSA) is 85.4 Å². The molecule has 2 aromatic carbocycles. The molecule has 0 aliphatic rings. The van der Waals surface area contributed by atoms with Gasteiger partial charge in [0.05, 0.1) is 19.9 Å². The summed E-state index contributed by atoms with van der Waals surface area (Å²) in [5.41, 5.74) is 1.11. The van der Waals surface area contributed by atoms with Crippen LogP contribution in [0.3, 0.4) is 0 Å². The molecule has 0 saturated heterocycles. The molecule has 0 saturated carbocycles. The molecule has 3 rings (SSSR count). The van der Waals surface area contributed by atoms with Gasteiger partial charge in [-0.25, -0.2) is 14.4 Å². The highest BCUT2D eigenvalue weighted by atomic mass is 19.1. The van der Waals surface area contributed by atoms with Gasteiger partial charge in [-0.15, -0.1) is 0 Å². The molecule has 0 aliphatic heterocycles. The van der Waals surface area contributed by atoms with Gasteiger partial charge in [0.2, 0.25) is 0 Å². The van der Waals surface area contributed by atoms with Crippen LogP contribution in [0.2, 0.25) is 0 Å². The maximum atomic E-state index is 13.2. The van der Waals surface area contributed by atoms with Crippen molar-refractivity contribution in [2.24, 2.45) is 0 Å². The minimum Gasteiger partial charge on any atom is -0.497 e. The monoisotopic (exact) mass is 368 g/mol. The highest BCUT2D eigenvalue weighted by Gasteiger charge is 2.11. The Morgan fingerprint density at radius 1 is 1.04 bits per heavy atom. The smallest absolute Gasteiger partial charge is 0.274 e. The predicted molar refractivity (Wildman–Crippen MR) is 99.2 cm³/mol. The molecule has 1 amide bonds. The lowest BCUT2D eigenvalue weighted by Gasteiger charge is -2.12. The van der Waals surface area contributed by atoms with E-state index < -0.39 is 11.7 Å². The van der Waals surface area contributed by atoms with Crippen LogP contribution in [-0.4, -0.2) is 30.1 Å². The molecular formula is C19H17FN4O3. The summed E-state index contributed by atoms with van der Waals surface area (Å²) >= 11 is 0. The number of aromatic nitrogens is 2. The average molecular weight is 368 g/mol. The minimum absolute atomic E-state index is 0.129. The van der Waals surface area contributed by atoms with E-state index in [1.807, 2.05) is 0 Å². The molecule has 3 aromatic rings. The van der Waals surface area contributed by atoms with Crippen LogP contribution in [0.15, 0.2) is 54.9 Å². The maximum Gasteiger partial charge on any atom is 0.274 e. The Labute approximate surface area is 155 Å². The number of hydrogen-bond acceptors (Lipinski definition) is 6. The molecular weight excluding hydrogens is 351 g/mol. The fraction of sp³-hybridized carbons (Fsp3) is 0.105. The first-order chi connectivity index (χ1) is 13.1. The number of amides is 1. The second-order valence-corrected chi connectivity index (χ2v) is 5.44. The third-order valence-electron chi connectivity index (χ3n) is 3.65. The van der Waals surface area contributed by atoms with Gasteiger partial charge in [-0.3, -0.25) is 4.79 Å². The predicted octanol–water partition coefficient (Wildman–Crippen LogP) is 3.63. The number of methoxy groups -OCH3 is 2. The van der Waals surface area contributed by atoms with E-state index in [1.165, 1.54) is 37.7 Å². The Kier molecular flexibility index (Phi) is 5.46. The van der Waals surface area contributed by atoms with E-state index in [0.717, 1.165) is 0 Å². The number of rotatable bonds is 6. The highest BCUT2D eigenvalue weighted by Crippen LogP contribution is 2.31. The molecule has 7 nitrogen and oxygen atoms in total. The Hall–Kier alpha value is -3.68. The van der Waals surface area contributed by atoms with Crippen LogP contribution in [0, 0.1) is 5.82 Å². The van der Waals surface area contributed by atoms with E-state index in [1.54, 1.807) is 31.4 Å². The third-order valence-corrected chi connectivity index (χ3v) is 3.65. The van der Waals surface area contributed by atoms with Gasteiger partial charge in [0.25, 0.3) is 5.91 Å². The number of nitrogens with one attached hydrogen (secondary N) is 2. The van der Waals surface area contributed by atoms with E-state index in [-0.39, 0.29) is 5.69 Å². The molecule has 2 N–H and O–H groups in total. The van der Waals surface area contributed by atoms with Crippen molar-refractivity contribution in [3.05, 3.63) is 66.4 Å². The molecule has 8 heteroatoms. The molecule has 1 aromatic heterocycles. The maximum absolute atomic E-state index is 13.2. The summed E-state index contributed by atoms with van der Waals surface area (Å²) in [4.78, 5) is 20.4. The second-order valence-electron chi connectivity index (χ2n) is 5.44. The lowest BCUT2D eigenvalue weighted by atomic mass is 10.2. The summed E-state index contributed by atoms with van der Waals surface area (Å²) in [5, 5.41) is 5.66. The number of halogens is 1. The van der Waals surface area contributed by atoms with E-state index in [4.69, 9.17) is 9.47 Å². The van der Waals surface area contributed by atoms with Crippen LogP contribution in [-0.2, 0) is 0 Å². The van der Waals surface area contributed by atoms with E-state index in [9.17, 15) is 9.18 Å². The summed E-state index contributed by atoms with van der Waals surface area (Å²) in [6.45, 7) is 0. The Morgan fingerprint density at radius 3 is 2.63 bits per heavy atom. The van der Waals surface area contributed by atoms with Gasteiger partial charge in [0.15, 0.2) is 0 Å². The average Bonchev–Trinajstić information content (AvgIpc) is 2.68. The van der Waals surface area contributed by atoms with Crippen LogP contribution in [0.5, 0.6) is 11.5 Å². The number of carbonyl (C=O) groups excluding carboxylic acids is 1. The van der Waals surface area contributed by atoms with Crippen LogP contribution in [0.25, 0.3) is 0 Å². The van der Waals surface area contributed by atoms with Gasteiger partial charge in [0, 0.05) is 17.8 Å². The molecule has 27 heavy (non-hydrogen) atoms. The van der Waals surface area contributed by atoms with Crippen molar-refractivity contribution in [1.82, 2.24) is 9.97 Å². The molecule has 0 radical (unpaired) electrons. The molecule has 0 aliphatic carbocycles. The first-order valence-corrected chi connectivity index (χ1v) is 7.97. The summed E-state index contributed by atoms with van der Waals surface area (Å²) in [5.74, 6) is 0.684. The van der Waals surface area contributed by atoms with Crippen LogP contribution >= 0.6 is 0 Å². The molecule has 0 atom stereocenters. The van der Waals surface area contributed by atoms with E-state index in [2.05, 4.69) is 20.6 Å². The molecule has 0 spiro atoms. The zero-order chi connectivity index (χ0) is 19.2. The second kappa shape index (κ2) is 8.13. The SMILES string of the molecule is COc1ccc(Nc2cc(C(=O)Nc3cccc(F)c3)ncn2)c(OC)c1. The largest absolute Gasteiger partial charge is 0.497 e. The van der Waals surface area contributed by atoms with E-state index in [0.29, 0.717) is 28.7 Å². The lowest BCUT2D eigenvalue weighted by Crippen LogP contribution is -2.14. The van der Waals surface area contributed by atoms with Gasteiger partial charge in [0.1, 0.15) is 35.2 Å². The van der Waals surface area contributed by atoms with Crippen LogP contribution < -0.4 is 20.1 Å². The quantitative estimate of drug-likeness (QED) is 0.691. The van der Waals surface area contributed by atoms with Gasteiger partial charge in [-0.05, 0) is 30.3 Å². The molecule has 1 heterocycles. The molecule has 0 fully saturated rings. The Balaban J connectivity index is 1.78. The third kappa shape index (κ3) is 4.49. The Morgan fingerprint density at radius 2 is 1.89 bits per heavy atom. The van der Waals surface area contributed by atoms with E-state index >= 15 is 0 Å². The number of nitrogens with zero attached hydrogens (tertiary/aromatic N) is 2. The van der Waals surface area contributed by atoms with Gasteiger partial charge in [-0.2, -0.15) is 0 Å². The zero-order valence-corrected chi connectivity index (χ0v) is 14.7.